The number of hydrogen-bond donors (Lipinski definition) is 2. The van der Waals surface area contributed by atoms with Crippen LogP contribution >= 0.6 is 0 Å². The zero-order chi connectivity index (χ0) is 11.6. The molecule has 2 atom stereocenters. The fourth-order valence-electron chi connectivity index (χ4n) is 1.56. The van der Waals surface area contributed by atoms with Gasteiger partial charge in [0.2, 0.25) is 0 Å². The fraction of sp³-hybridized carbons (Fsp3) is 0.917. The minimum absolute atomic E-state index is 0.0836. The highest BCUT2D eigenvalue weighted by molar-refractivity contribution is 5.73. The topological polar surface area (TPSA) is 49.3 Å². The molecule has 1 aliphatic rings. The van der Waals surface area contributed by atoms with Gasteiger partial charge in [-0.25, -0.2) is 0 Å². The summed E-state index contributed by atoms with van der Waals surface area (Å²) in [4.78, 5) is 10.6. The van der Waals surface area contributed by atoms with Crippen LogP contribution in [0.5, 0.6) is 0 Å². The highest BCUT2D eigenvalue weighted by Gasteiger charge is 2.42. The van der Waals surface area contributed by atoms with E-state index in [1.54, 1.807) is 0 Å². The molecule has 3 heteroatoms. The van der Waals surface area contributed by atoms with Gasteiger partial charge in [-0.1, -0.05) is 27.7 Å². The first-order valence-electron chi connectivity index (χ1n) is 5.78. The predicted molar refractivity (Wildman–Crippen MR) is 60.7 cm³/mol. The van der Waals surface area contributed by atoms with Gasteiger partial charge >= 0.3 is 5.97 Å². The smallest absolute Gasteiger partial charge is 0.306 e. The largest absolute Gasteiger partial charge is 0.481 e. The van der Waals surface area contributed by atoms with Crippen molar-refractivity contribution in [3.63, 3.8) is 0 Å². The SMILES string of the molecule is CC(C)C(C)(C)CNCC1CC1C(=O)O. The average molecular weight is 213 g/mol. The van der Waals surface area contributed by atoms with Gasteiger partial charge in [0.25, 0.3) is 0 Å². The number of nitrogens with one attached hydrogen (secondary N) is 1. The molecule has 0 aliphatic heterocycles. The van der Waals surface area contributed by atoms with Gasteiger partial charge in [0.1, 0.15) is 0 Å². The van der Waals surface area contributed by atoms with Crippen molar-refractivity contribution in [1.82, 2.24) is 5.32 Å². The second-order valence-electron chi connectivity index (χ2n) is 5.71. The van der Waals surface area contributed by atoms with Crippen molar-refractivity contribution in [2.45, 2.75) is 34.1 Å². The van der Waals surface area contributed by atoms with Crippen LogP contribution in [0.2, 0.25) is 0 Å². The van der Waals surface area contributed by atoms with E-state index in [9.17, 15) is 4.79 Å². The van der Waals surface area contributed by atoms with Crippen molar-refractivity contribution in [1.29, 1.82) is 0 Å². The quantitative estimate of drug-likeness (QED) is 0.709. The van der Waals surface area contributed by atoms with Crippen LogP contribution in [-0.2, 0) is 4.79 Å². The molecule has 0 aromatic rings. The molecule has 15 heavy (non-hydrogen) atoms. The molecule has 2 N–H and O–H groups in total. The lowest BCUT2D eigenvalue weighted by Gasteiger charge is -2.29. The number of rotatable bonds is 6. The van der Waals surface area contributed by atoms with Gasteiger partial charge in [0.15, 0.2) is 0 Å². The Hall–Kier alpha value is -0.570. The van der Waals surface area contributed by atoms with Crippen molar-refractivity contribution in [2.24, 2.45) is 23.2 Å². The molecule has 1 aliphatic carbocycles. The minimum Gasteiger partial charge on any atom is -0.481 e. The van der Waals surface area contributed by atoms with Crippen LogP contribution in [0.3, 0.4) is 0 Å². The third kappa shape index (κ3) is 3.49. The van der Waals surface area contributed by atoms with Gasteiger partial charge in [-0.05, 0) is 30.2 Å². The van der Waals surface area contributed by atoms with E-state index in [2.05, 4.69) is 33.0 Å². The first-order valence-corrected chi connectivity index (χ1v) is 5.78. The lowest BCUT2D eigenvalue weighted by atomic mass is 9.81. The standard InChI is InChI=1S/C12H23NO2/c1-8(2)12(3,4)7-13-6-9-5-10(9)11(14)15/h8-10,13H,5-7H2,1-4H3,(H,14,15). The molecule has 0 aromatic heterocycles. The lowest BCUT2D eigenvalue weighted by molar-refractivity contribution is -0.138. The Morgan fingerprint density at radius 1 is 1.53 bits per heavy atom. The summed E-state index contributed by atoms with van der Waals surface area (Å²) in [5, 5.41) is 12.1. The molecule has 0 heterocycles. The van der Waals surface area contributed by atoms with E-state index in [0.29, 0.717) is 11.8 Å². The van der Waals surface area contributed by atoms with E-state index in [0.717, 1.165) is 19.5 Å². The number of hydrogen-bond acceptors (Lipinski definition) is 2. The minimum atomic E-state index is -0.634. The summed E-state index contributed by atoms with van der Waals surface area (Å²) in [7, 11) is 0. The highest BCUT2D eigenvalue weighted by Crippen LogP contribution is 2.38. The lowest BCUT2D eigenvalue weighted by Crippen LogP contribution is -2.34. The van der Waals surface area contributed by atoms with Crippen LogP contribution in [0, 0.1) is 23.2 Å². The summed E-state index contributed by atoms with van der Waals surface area (Å²) in [5.74, 6) is 0.287. The summed E-state index contributed by atoms with van der Waals surface area (Å²) in [6.07, 6.45) is 0.852. The molecule has 3 nitrogen and oxygen atoms in total. The predicted octanol–water partition coefficient (Wildman–Crippen LogP) is 1.98. The molecule has 0 spiro atoms. The van der Waals surface area contributed by atoms with Crippen molar-refractivity contribution in [3.05, 3.63) is 0 Å². The second kappa shape index (κ2) is 4.52. The summed E-state index contributed by atoms with van der Waals surface area (Å²) in [5.41, 5.74) is 0.285. The number of aliphatic carboxylic acids is 1. The highest BCUT2D eigenvalue weighted by atomic mass is 16.4. The summed E-state index contributed by atoms with van der Waals surface area (Å²) >= 11 is 0. The number of carboxylic acid groups (broad SMARTS) is 1. The van der Waals surface area contributed by atoms with Crippen molar-refractivity contribution >= 4 is 5.97 Å². The normalized spacial score (nSPS) is 25.7. The Morgan fingerprint density at radius 2 is 2.13 bits per heavy atom. The third-order valence-electron chi connectivity index (χ3n) is 3.79. The Labute approximate surface area is 92.3 Å². The van der Waals surface area contributed by atoms with Gasteiger partial charge < -0.3 is 10.4 Å². The second-order valence-corrected chi connectivity index (χ2v) is 5.71. The van der Waals surface area contributed by atoms with E-state index in [1.807, 2.05) is 0 Å². The van der Waals surface area contributed by atoms with Gasteiger partial charge in [0.05, 0.1) is 5.92 Å². The molecule has 1 rings (SSSR count). The van der Waals surface area contributed by atoms with Crippen molar-refractivity contribution in [3.8, 4) is 0 Å². The Kier molecular flexibility index (Phi) is 3.77. The van der Waals surface area contributed by atoms with E-state index in [-0.39, 0.29) is 11.3 Å². The van der Waals surface area contributed by atoms with E-state index < -0.39 is 5.97 Å². The van der Waals surface area contributed by atoms with Crippen LogP contribution in [0.25, 0.3) is 0 Å². The first kappa shape index (κ1) is 12.5. The van der Waals surface area contributed by atoms with Crippen LogP contribution in [-0.4, -0.2) is 24.2 Å². The third-order valence-corrected chi connectivity index (χ3v) is 3.79. The number of carbonyl (C=O) groups is 1. The Bertz CT molecular complexity index is 236. The van der Waals surface area contributed by atoms with Crippen LogP contribution < -0.4 is 5.32 Å². The zero-order valence-corrected chi connectivity index (χ0v) is 10.2. The first-order chi connectivity index (χ1) is 6.84. The Morgan fingerprint density at radius 3 is 2.53 bits per heavy atom. The Balaban J connectivity index is 2.16. The summed E-state index contributed by atoms with van der Waals surface area (Å²) < 4.78 is 0. The molecule has 0 bridgehead atoms. The van der Waals surface area contributed by atoms with Gasteiger partial charge in [0, 0.05) is 6.54 Å². The monoisotopic (exact) mass is 213 g/mol. The van der Waals surface area contributed by atoms with Gasteiger partial charge in [-0.3, -0.25) is 4.79 Å². The average Bonchev–Trinajstić information content (AvgIpc) is 2.83. The maximum atomic E-state index is 10.6. The van der Waals surface area contributed by atoms with Gasteiger partial charge in [-0.15, -0.1) is 0 Å². The molecule has 1 saturated carbocycles. The fourth-order valence-corrected chi connectivity index (χ4v) is 1.56. The van der Waals surface area contributed by atoms with Crippen molar-refractivity contribution < 1.29 is 9.90 Å². The molecule has 1 fully saturated rings. The van der Waals surface area contributed by atoms with E-state index >= 15 is 0 Å². The van der Waals surface area contributed by atoms with Crippen LogP contribution in [0.15, 0.2) is 0 Å². The van der Waals surface area contributed by atoms with Crippen LogP contribution in [0.1, 0.15) is 34.1 Å². The molecular weight excluding hydrogens is 190 g/mol. The molecule has 0 saturated heterocycles. The van der Waals surface area contributed by atoms with Gasteiger partial charge in [-0.2, -0.15) is 0 Å². The molecule has 0 amide bonds. The van der Waals surface area contributed by atoms with Crippen LogP contribution in [0.4, 0.5) is 0 Å². The molecular formula is C12H23NO2. The maximum Gasteiger partial charge on any atom is 0.306 e. The molecule has 0 radical (unpaired) electrons. The molecule has 0 aromatic carbocycles. The summed E-state index contributed by atoms with van der Waals surface area (Å²) in [6.45, 7) is 10.7. The van der Waals surface area contributed by atoms with E-state index in [1.165, 1.54) is 0 Å². The van der Waals surface area contributed by atoms with E-state index in [4.69, 9.17) is 5.11 Å². The zero-order valence-electron chi connectivity index (χ0n) is 10.2. The maximum absolute atomic E-state index is 10.6. The number of carboxylic acids is 1. The molecule has 2 unspecified atom stereocenters. The van der Waals surface area contributed by atoms with Crippen molar-refractivity contribution in [2.75, 3.05) is 13.1 Å². The molecule has 88 valence electrons. The summed E-state index contributed by atoms with van der Waals surface area (Å²) in [6, 6.07) is 0.